The Hall–Kier alpha value is -2.70. The standard InChI is InChI=1S/C16H17FN2O4/c1-8-6-11(4-5-13(8)17)15(16(21)22)18-14(20)7-12-9(2)19-23-10(12)3/h4-6,15H,7H2,1-3H3,(H,18,20)(H,21,22). The largest absolute Gasteiger partial charge is 0.479 e. The molecule has 1 atom stereocenters. The fraction of sp³-hybridized carbons (Fsp3) is 0.312. The van der Waals surface area contributed by atoms with Crippen molar-refractivity contribution in [2.75, 3.05) is 0 Å². The van der Waals surface area contributed by atoms with Gasteiger partial charge in [0.1, 0.15) is 11.6 Å². The number of carboxylic acids is 1. The van der Waals surface area contributed by atoms with Gasteiger partial charge in [0.2, 0.25) is 5.91 Å². The number of nitrogens with zero attached hydrogens (tertiary/aromatic N) is 1. The van der Waals surface area contributed by atoms with Crippen LogP contribution < -0.4 is 5.32 Å². The maximum absolute atomic E-state index is 13.3. The first-order chi connectivity index (χ1) is 10.8. The third-order valence-corrected chi connectivity index (χ3v) is 3.59. The summed E-state index contributed by atoms with van der Waals surface area (Å²) < 4.78 is 18.3. The van der Waals surface area contributed by atoms with Crippen LogP contribution in [0.5, 0.6) is 0 Å². The summed E-state index contributed by atoms with van der Waals surface area (Å²) in [5.41, 5.74) is 1.83. The molecule has 0 aliphatic carbocycles. The highest BCUT2D eigenvalue weighted by molar-refractivity contribution is 5.86. The van der Waals surface area contributed by atoms with Gasteiger partial charge in [-0.3, -0.25) is 4.79 Å². The van der Waals surface area contributed by atoms with Gasteiger partial charge >= 0.3 is 5.97 Å². The van der Waals surface area contributed by atoms with Crippen LogP contribution in [0.3, 0.4) is 0 Å². The van der Waals surface area contributed by atoms with Crippen LogP contribution in [0.4, 0.5) is 4.39 Å². The third-order valence-electron chi connectivity index (χ3n) is 3.59. The maximum atomic E-state index is 13.3. The van der Waals surface area contributed by atoms with Gasteiger partial charge in [-0.05, 0) is 38.0 Å². The Bertz CT molecular complexity index is 735. The Labute approximate surface area is 132 Å². The summed E-state index contributed by atoms with van der Waals surface area (Å²) in [6, 6.07) is 2.69. The van der Waals surface area contributed by atoms with E-state index in [1.165, 1.54) is 25.1 Å². The van der Waals surface area contributed by atoms with Crippen LogP contribution in [-0.4, -0.2) is 22.1 Å². The van der Waals surface area contributed by atoms with Gasteiger partial charge < -0.3 is 14.9 Å². The molecule has 1 aromatic carbocycles. The zero-order chi connectivity index (χ0) is 17.1. The van der Waals surface area contributed by atoms with E-state index in [9.17, 15) is 19.1 Å². The number of carbonyl (C=O) groups is 2. The number of hydrogen-bond acceptors (Lipinski definition) is 4. The molecule has 0 aliphatic rings. The van der Waals surface area contributed by atoms with Crippen molar-refractivity contribution in [3.05, 3.63) is 52.2 Å². The molecule has 1 aromatic heterocycles. The van der Waals surface area contributed by atoms with Gasteiger partial charge in [0.05, 0.1) is 12.1 Å². The SMILES string of the molecule is Cc1cc(C(NC(=O)Cc2c(C)noc2C)C(=O)O)ccc1F. The number of aliphatic carboxylic acids is 1. The van der Waals surface area contributed by atoms with E-state index in [1.807, 2.05) is 0 Å². The molecule has 2 aromatic rings. The number of halogens is 1. The van der Waals surface area contributed by atoms with Crippen molar-refractivity contribution in [2.24, 2.45) is 0 Å². The molecule has 122 valence electrons. The average molecular weight is 320 g/mol. The minimum atomic E-state index is -1.25. The molecule has 1 heterocycles. The topological polar surface area (TPSA) is 92.4 Å². The van der Waals surface area contributed by atoms with E-state index in [2.05, 4.69) is 10.5 Å². The molecule has 2 N–H and O–H groups in total. The van der Waals surface area contributed by atoms with Crippen molar-refractivity contribution in [2.45, 2.75) is 33.2 Å². The molecule has 6 nitrogen and oxygen atoms in total. The summed E-state index contributed by atoms with van der Waals surface area (Å²) in [4.78, 5) is 23.6. The van der Waals surface area contributed by atoms with Crippen molar-refractivity contribution in [3.8, 4) is 0 Å². The van der Waals surface area contributed by atoms with Gasteiger partial charge in [-0.1, -0.05) is 17.3 Å². The molecule has 7 heteroatoms. The Morgan fingerprint density at radius 1 is 1.35 bits per heavy atom. The summed E-state index contributed by atoms with van der Waals surface area (Å²) in [6.07, 6.45) is -0.0366. The number of aryl methyl sites for hydroxylation is 3. The zero-order valence-electron chi connectivity index (χ0n) is 13.0. The van der Waals surface area contributed by atoms with Crippen LogP contribution in [0.25, 0.3) is 0 Å². The molecule has 0 aliphatic heterocycles. The minimum absolute atomic E-state index is 0.0366. The average Bonchev–Trinajstić information content (AvgIpc) is 2.79. The van der Waals surface area contributed by atoms with Crippen molar-refractivity contribution in [1.29, 1.82) is 0 Å². The number of hydrogen-bond donors (Lipinski definition) is 2. The lowest BCUT2D eigenvalue weighted by molar-refractivity contribution is -0.142. The molecule has 0 spiro atoms. The molecule has 0 saturated heterocycles. The molecule has 0 bridgehead atoms. The minimum Gasteiger partial charge on any atom is -0.479 e. The molecule has 0 radical (unpaired) electrons. The van der Waals surface area contributed by atoms with E-state index in [0.29, 0.717) is 28.1 Å². The molecular weight excluding hydrogens is 303 g/mol. The molecular formula is C16H17FN2O4. The molecule has 1 unspecified atom stereocenters. The number of rotatable bonds is 5. The summed E-state index contributed by atoms with van der Waals surface area (Å²) in [7, 11) is 0. The number of aromatic nitrogens is 1. The van der Waals surface area contributed by atoms with Crippen LogP contribution in [-0.2, 0) is 16.0 Å². The lowest BCUT2D eigenvalue weighted by atomic mass is 10.0. The lowest BCUT2D eigenvalue weighted by Crippen LogP contribution is -2.35. The highest BCUT2D eigenvalue weighted by Gasteiger charge is 2.24. The number of carbonyl (C=O) groups excluding carboxylic acids is 1. The molecule has 0 fully saturated rings. The summed E-state index contributed by atoms with van der Waals surface area (Å²) >= 11 is 0. The lowest BCUT2D eigenvalue weighted by Gasteiger charge is -2.15. The van der Waals surface area contributed by atoms with E-state index >= 15 is 0 Å². The third kappa shape index (κ3) is 3.74. The monoisotopic (exact) mass is 320 g/mol. The number of carboxylic acid groups (broad SMARTS) is 1. The van der Waals surface area contributed by atoms with Crippen LogP contribution in [0, 0.1) is 26.6 Å². The van der Waals surface area contributed by atoms with Crippen LogP contribution >= 0.6 is 0 Å². The van der Waals surface area contributed by atoms with E-state index in [-0.39, 0.29) is 6.42 Å². The highest BCUT2D eigenvalue weighted by Crippen LogP contribution is 2.18. The van der Waals surface area contributed by atoms with E-state index < -0.39 is 23.7 Å². The van der Waals surface area contributed by atoms with Gasteiger partial charge in [-0.25, -0.2) is 9.18 Å². The van der Waals surface area contributed by atoms with Crippen LogP contribution in [0.15, 0.2) is 22.7 Å². The molecule has 23 heavy (non-hydrogen) atoms. The van der Waals surface area contributed by atoms with Gasteiger partial charge in [0, 0.05) is 5.56 Å². The Morgan fingerprint density at radius 3 is 2.57 bits per heavy atom. The zero-order valence-corrected chi connectivity index (χ0v) is 13.0. The first-order valence-electron chi connectivity index (χ1n) is 6.99. The van der Waals surface area contributed by atoms with Gasteiger partial charge in [-0.2, -0.15) is 0 Å². The van der Waals surface area contributed by atoms with Gasteiger partial charge in [0.25, 0.3) is 0 Å². The fourth-order valence-electron chi connectivity index (χ4n) is 2.26. The van der Waals surface area contributed by atoms with Crippen molar-refractivity contribution in [1.82, 2.24) is 10.5 Å². The van der Waals surface area contributed by atoms with Crippen molar-refractivity contribution < 1.29 is 23.6 Å². The van der Waals surface area contributed by atoms with Gasteiger partial charge in [-0.15, -0.1) is 0 Å². The van der Waals surface area contributed by atoms with E-state index in [4.69, 9.17) is 4.52 Å². The second kappa shape index (κ2) is 6.60. The van der Waals surface area contributed by atoms with Gasteiger partial charge in [0.15, 0.2) is 6.04 Å². The van der Waals surface area contributed by atoms with Crippen molar-refractivity contribution in [3.63, 3.8) is 0 Å². The van der Waals surface area contributed by atoms with Crippen molar-refractivity contribution >= 4 is 11.9 Å². The fourth-order valence-corrected chi connectivity index (χ4v) is 2.26. The molecule has 2 rings (SSSR count). The first-order valence-corrected chi connectivity index (χ1v) is 6.99. The summed E-state index contributed by atoms with van der Waals surface area (Å²) in [6.45, 7) is 4.92. The second-order valence-electron chi connectivity index (χ2n) is 5.33. The Morgan fingerprint density at radius 2 is 2.04 bits per heavy atom. The predicted octanol–water partition coefficient (Wildman–Crippen LogP) is 2.22. The first kappa shape index (κ1) is 16.7. The summed E-state index contributed by atoms with van der Waals surface area (Å²) in [5, 5.41) is 15.5. The second-order valence-corrected chi connectivity index (χ2v) is 5.33. The predicted molar refractivity (Wildman–Crippen MR) is 79.3 cm³/mol. The summed E-state index contributed by atoms with van der Waals surface area (Å²) in [5.74, 6) is -1.61. The van der Waals surface area contributed by atoms with E-state index in [0.717, 1.165) is 0 Å². The Balaban J connectivity index is 2.18. The maximum Gasteiger partial charge on any atom is 0.330 e. The number of amides is 1. The number of nitrogens with one attached hydrogen (secondary N) is 1. The normalized spacial score (nSPS) is 12.0. The quantitative estimate of drug-likeness (QED) is 0.881. The highest BCUT2D eigenvalue weighted by atomic mass is 19.1. The molecule has 0 saturated carbocycles. The molecule has 1 amide bonds. The number of benzene rings is 1. The van der Waals surface area contributed by atoms with Crippen LogP contribution in [0.1, 0.15) is 34.2 Å². The van der Waals surface area contributed by atoms with Crippen LogP contribution in [0.2, 0.25) is 0 Å². The Kier molecular flexibility index (Phi) is 4.78. The smallest absolute Gasteiger partial charge is 0.330 e. The van der Waals surface area contributed by atoms with E-state index in [1.54, 1.807) is 13.8 Å².